The normalized spacial score (nSPS) is 30.8. The van der Waals surface area contributed by atoms with E-state index < -0.39 is 0 Å². The van der Waals surface area contributed by atoms with Crippen molar-refractivity contribution in [3.05, 3.63) is 0 Å². The molecule has 0 bridgehead atoms. The highest BCUT2D eigenvalue weighted by Crippen LogP contribution is 2.17. The fraction of sp³-hybridized carbons (Fsp3) is 0.933. The first-order chi connectivity index (χ1) is 9.74. The average molecular weight is 283 g/mol. The van der Waals surface area contributed by atoms with Crippen LogP contribution >= 0.6 is 0 Å². The minimum atomic E-state index is -0.0229. The van der Waals surface area contributed by atoms with Gasteiger partial charge in [0.2, 0.25) is 5.91 Å². The smallest absolute Gasteiger partial charge is 0.227 e. The number of carbonyl (C=O) groups excluding carboxylic acids is 1. The predicted octanol–water partition coefficient (Wildman–Crippen LogP) is 0.459. The summed E-state index contributed by atoms with van der Waals surface area (Å²) in [5, 5.41) is 6.54. The Morgan fingerprint density at radius 3 is 2.90 bits per heavy atom. The summed E-state index contributed by atoms with van der Waals surface area (Å²) in [6.45, 7) is 10.7. The van der Waals surface area contributed by atoms with Gasteiger partial charge in [0, 0.05) is 19.1 Å². The van der Waals surface area contributed by atoms with Gasteiger partial charge in [0.05, 0.1) is 19.1 Å². The maximum atomic E-state index is 12.3. The van der Waals surface area contributed by atoms with Crippen LogP contribution in [0.1, 0.15) is 26.7 Å². The molecule has 0 spiro atoms. The molecule has 0 saturated carbocycles. The third kappa shape index (κ3) is 4.17. The van der Waals surface area contributed by atoms with E-state index in [-0.39, 0.29) is 17.9 Å². The lowest BCUT2D eigenvalue weighted by atomic mass is 10.0. The number of hydrogen-bond acceptors (Lipinski definition) is 4. The first-order valence-electron chi connectivity index (χ1n) is 8.05. The van der Waals surface area contributed by atoms with Gasteiger partial charge in [-0.15, -0.1) is 0 Å². The first kappa shape index (κ1) is 15.7. The first-order valence-corrected chi connectivity index (χ1v) is 8.05. The molecule has 0 aliphatic carbocycles. The largest absolute Gasteiger partial charge is 0.379 e. The number of carbonyl (C=O) groups is 1. The Morgan fingerprint density at radius 2 is 2.20 bits per heavy atom. The van der Waals surface area contributed by atoms with Crippen molar-refractivity contribution >= 4 is 5.91 Å². The van der Waals surface area contributed by atoms with E-state index in [4.69, 9.17) is 4.74 Å². The van der Waals surface area contributed by atoms with E-state index in [1.807, 2.05) is 0 Å². The number of nitrogens with one attached hydrogen (secondary N) is 2. The minimum Gasteiger partial charge on any atom is -0.379 e. The van der Waals surface area contributed by atoms with Crippen LogP contribution < -0.4 is 10.6 Å². The molecule has 3 unspecified atom stereocenters. The summed E-state index contributed by atoms with van der Waals surface area (Å²) in [4.78, 5) is 14.7. The molecule has 2 fully saturated rings. The molecule has 2 rings (SSSR count). The van der Waals surface area contributed by atoms with E-state index in [9.17, 15) is 4.79 Å². The van der Waals surface area contributed by atoms with Crippen LogP contribution in [0.25, 0.3) is 0 Å². The van der Waals surface area contributed by atoms with E-state index in [0.717, 1.165) is 32.6 Å². The van der Waals surface area contributed by atoms with Gasteiger partial charge in [-0.05, 0) is 38.4 Å². The van der Waals surface area contributed by atoms with Crippen LogP contribution in [-0.4, -0.2) is 62.8 Å². The molecule has 2 saturated heterocycles. The molecule has 0 aromatic carbocycles. The summed E-state index contributed by atoms with van der Waals surface area (Å²) in [6.07, 6.45) is 2.28. The molecule has 116 valence electrons. The maximum absolute atomic E-state index is 12.3. The Balaban J connectivity index is 1.71. The lowest BCUT2D eigenvalue weighted by molar-refractivity contribution is -0.125. The van der Waals surface area contributed by atoms with Gasteiger partial charge >= 0.3 is 0 Å². The van der Waals surface area contributed by atoms with Crippen LogP contribution in [0.3, 0.4) is 0 Å². The Labute approximate surface area is 122 Å². The van der Waals surface area contributed by atoms with E-state index in [0.29, 0.717) is 19.1 Å². The molecule has 5 heteroatoms. The molecule has 0 radical (unpaired) electrons. The fourth-order valence-electron chi connectivity index (χ4n) is 3.09. The SMILES string of the molecule is CCCNC1COCC1C(=O)NCC1CCN(CC)C1. The third-order valence-corrected chi connectivity index (χ3v) is 4.46. The second-order valence-electron chi connectivity index (χ2n) is 6.00. The zero-order valence-corrected chi connectivity index (χ0v) is 12.9. The maximum Gasteiger partial charge on any atom is 0.227 e. The number of amides is 1. The number of rotatable bonds is 7. The summed E-state index contributed by atoms with van der Waals surface area (Å²) in [5.41, 5.74) is 0. The zero-order valence-electron chi connectivity index (χ0n) is 12.9. The van der Waals surface area contributed by atoms with Gasteiger partial charge in [-0.3, -0.25) is 4.79 Å². The molecule has 2 aliphatic rings. The van der Waals surface area contributed by atoms with Gasteiger partial charge in [0.15, 0.2) is 0 Å². The fourth-order valence-corrected chi connectivity index (χ4v) is 3.09. The van der Waals surface area contributed by atoms with Crippen molar-refractivity contribution in [3.8, 4) is 0 Å². The minimum absolute atomic E-state index is 0.0229. The van der Waals surface area contributed by atoms with E-state index in [1.165, 1.54) is 13.0 Å². The summed E-state index contributed by atoms with van der Waals surface area (Å²) < 4.78 is 5.46. The highest BCUT2D eigenvalue weighted by molar-refractivity contribution is 5.79. The average Bonchev–Trinajstić information content (AvgIpc) is 3.11. The Kier molecular flexibility index (Phi) is 6.26. The Morgan fingerprint density at radius 1 is 1.35 bits per heavy atom. The molecule has 0 aromatic rings. The van der Waals surface area contributed by atoms with Crippen LogP contribution in [0.15, 0.2) is 0 Å². The van der Waals surface area contributed by atoms with Crippen molar-refractivity contribution in [2.24, 2.45) is 11.8 Å². The van der Waals surface area contributed by atoms with Gasteiger partial charge in [-0.1, -0.05) is 13.8 Å². The lowest BCUT2D eigenvalue weighted by Gasteiger charge is -2.20. The lowest BCUT2D eigenvalue weighted by Crippen LogP contribution is -2.45. The number of nitrogens with zero attached hydrogens (tertiary/aromatic N) is 1. The molecular formula is C15H29N3O2. The standard InChI is InChI=1S/C15H29N3O2/c1-3-6-16-14-11-20-10-13(14)15(19)17-8-12-5-7-18(4-2)9-12/h12-14,16H,3-11H2,1-2H3,(H,17,19). The van der Waals surface area contributed by atoms with Crippen LogP contribution in [0.5, 0.6) is 0 Å². The second kappa shape index (κ2) is 7.96. The molecule has 2 aliphatic heterocycles. The van der Waals surface area contributed by atoms with Crippen LogP contribution in [0.4, 0.5) is 0 Å². The van der Waals surface area contributed by atoms with E-state index >= 15 is 0 Å². The van der Waals surface area contributed by atoms with Gasteiger partial charge in [0.1, 0.15) is 0 Å². The van der Waals surface area contributed by atoms with Gasteiger partial charge in [-0.2, -0.15) is 0 Å². The van der Waals surface area contributed by atoms with Crippen molar-refractivity contribution in [2.75, 3.05) is 45.9 Å². The van der Waals surface area contributed by atoms with Crippen LogP contribution in [0.2, 0.25) is 0 Å². The van der Waals surface area contributed by atoms with Gasteiger partial charge < -0.3 is 20.3 Å². The molecule has 2 heterocycles. The number of hydrogen-bond donors (Lipinski definition) is 2. The van der Waals surface area contributed by atoms with Crippen molar-refractivity contribution in [1.29, 1.82) is 0 Å². The molecule has 20 heavy (non-hydrogen) atoms. The Bertz CT molecular complexity index is 311. The summed E-state index contributed by atoms with van der Waals surface area (Å²) >= 11 is 0. The monoisotopic (exact) mass is 283 g/mol. The van der Waals surface area contributed by atoms with Gasteiger partial charge in [-0.25, -0.2) is 0 Å². The quantitative estimate of drug-likeness (QED) is 0.713. The molecule has 0 aromatic heterocycles. The van der Waals surface area contributed by atoms with E-state index in [1.54, 1.807) is 0 Å². The molecule has 1 amide bonds. The highest BCUT2D eigenvalue weighted by atomic mass is 16.5. The highest BCUT2D eigenvalue weighted by Gasteiger charge is 2.34. The predicted molar refractivity (Wildman–Crippen MR) is 79.6 cm³/mol. The van der Waals surface area contributed by atoms with E-state index in [2.05, 4.69) is 29.4 Å². The topological polar surface area (TPSA) is 53.6 Å². The van der Waals surface area contributed by atoms with Crippen molar-refractivity contribution in [3.63, 3.8) is 0 Å². The van der Waals surface area contributed by atoms with Crippen LogP contribution in [-0.2, 0) is 9.53 Å². The summed E-state index contributed by atoms with van der Waals surface area (Å²) in [6, 6.07) is 0.186. The van der Waals surface area contributed by atoms with Crippen LogP contribution in [0, 0.1) is 11.8 Å². The molecular weight excluding hydrogens is 254 g/mol. The zero-order chi connectivity index (χ0) is 14.4. The van der Waals surface area contributed by atoms with Crippen molar-refractivity contribution in [1.82, 2.24) is 15.5 Å². The van der Waals surface area contributed by atoms with Gasteiger partial charge in [0.25, 0.3) is 0 Å². The Hall–Kier alpha value is -0.650. The third-order valence-electron chi connectivity index (χ3n) is 4.46. The van der Waals surface area contributed by atoms with Crippen molar-refractivity contribution in [2.45, 2.75) is 32.7 Å². The second-order valence-corrected chi connectivity index (χ2v) is 6.00. The number of ether oxygens (including phenoxy) is 1. The number of likely N-dealkylation sites (tertiary alicyclic amines) is 1. The molecule has 3 atom stereocenters. The summed E-state index contributed by atoms with van der Waals surface area (Å²) in [7, 11) is 0. The molecule has 5 nitrogen and oxygen atoms in total. The summed E-state index contributed by atoms with van der Waals surface area (Å²) in [5.74, 6) is 0.750. The molecule has 2 N–H and O–H groups in total. The van der Waals surface area contributed by atoms with Crippen molar-refractivity contribution < 1.29 is 9.53 Å².